The van der Waals surface area contributed by atoms with E-state index in [0.29, 0.717) is 6.61 Å². The molecule has 1 saturated carbocycles. The van der Waals surface area contributed by atoms with Crippen LogP contribution in [0.2, 0.25) is 0 Å². The number of nitrogens with zero attached hydrogens (tertiary/aromatic N) is 1. The topological polar surface area (TPSA) is 119 Å². The van der Waals surface area contributed by atoms with E-state index in [2.05, 4.69) is 5.32 Å². The molecular formula is C20H23N2NaO6. The molecule has 2 amide bonds. The number of carboxylic acids is 1. The summed E-state index contributed by atoms with van der Waals surface area (Å²) in [5.74, 6) is -1.79. The molecule has 1 fully saturated rings. The third-order valence-corrected chi connectivity index (χ3v) is 4.82. The summed E-state index contributed by atoms with van der Waals surface area (Å²) in [6.45, 7) is 0.501. The number of nitrogens with one attached hydrogen (secondary N) is 1. The number of ether oxygens (including phenoxy) is 1. The van der Waals surface area contributed by atoms with Gasteiger partial charge in [-0.2, -0.15) is 0 Å². The first-order valence-corrected chi connectivity index (χ1v) is 9.35. The van der Waals surface area contributed by atoms with Gasteiger partial charge >= 0.3 is 29.6 Å². The van der Waals surface area contributed by atoms with E-state index < -0.39 is 29.9 Å². The van der Waals surface area contributed by atoms with Gasteiger partial charge in [-0.1, -0.05) is 25.0 Å². The Hall–Kier alpha value is -2.03. The van der Waals surface area contributed by atoms with Gasteiger partial charge in [0.2, 0.25) is 0 Å². The molecule has 1 aliphatic heterocycles. The van der Waals surface area contributed by atoms with Crippen molar-refractivity contribution in [3.63, 3.8) is 0 Å². The molecule has 0 saturated heterocycles. The number of carbonyl (C=O) groups is 3. The van der Waals surface area contributed by atoms with E-state index >= 15 is 0 Å². The smallest absolute Gasteiger partial charge is 0.548 e. The van der Waals surface area contributed by atoms with E-state index in [4.69, 9.17) is 4.74 Å². The summed E-state index contributed by atoms with van der Waals surface area (Å²) in [7, 11) is 0. The number of hydrogen-bond acceptors (Lipinski definition) is 6. The van der Waals surface area contributed by atoms with Gasteiger partial charge in [-0.3, -0.25) is 9.59 Å². The number of hydrogen-bond donors (Lipinski definition) is 2. The molecule has 9 heteroatoms. The number of benzene rings is 1. The number of aliphatic hydroxyl groups excluding tert-OH is 1. The van der Waals surface area contributed by atoms with E-state index in [1.807, 2.05) is 24.3 Å². The van der Waals surface area contributed by atoms with E-state index in [0.717, 1.165) is 23.7 Å². The van der Waals surface area contributed by atoms with Gasteiger partial charge < -0.3 is 30.0 Å². The average molecular weight is 410 g/mol. The number of aliphatic hydroxyl groups is 1. The van der Waals surface area contributed by atoms with Crippen molar-refractivity contribution >= 4 is 17.8 Å². The van der Waals surface area contributed by atoms with E-state index in [9.17, 15) is 24.6 Å². The van der Waals surface area contributed by atoms with Crippen molar-refractivity contribution < 1.29 is 58.9 Å². The van der Waals surface area contributed by atoms with E-state index in [-0.39, 0.29) is 54.8 Å². The first-order valence-electron chi connectivity index (χ1n) is 9.35. The Morgan fingerprint density at radius 2 is 1.93 bits per heavy atom. The number of rotatable bonds is 9. The summed E-state index contributed by atoms with van der Waals surface area (Å²) in [6.07, 6.45) is 3.79. The van der Waals surface area contributed by atoms with Crippen LogP contribution in [-0.2, 0) is 20.9 Å². The Balaban J connectivity index is 0.00000300. The molecule has 0 unspecified atom stereocenters. The second-order valence-electron chi connectivity index (χ2n) is 7.08. The minimum Gasteiger partial charge on any atom is -0.548 e. The Kier molecular flexibility index (Phi) is 8.55. The van der Waals surface area contributed by atoms with Crippen molar-refractivity contribution in [2.75, 3.05) is 19.7 Å². The molecule has 2 N–H and O–H groups in total. The maximum atomic E-state index is 12.6. The first kappa shape index (κ1) is 23.3. The van der Waals surface area contributed by atoms with Crippen LogP contribution in [-0.4, -0.2) is 47.5 Å². The molecule has 1 aliphatic carbocycles. The van der Waals surface area contributed by atoms with Gasteiger partial charge in [-0.25, -0.2) is 0 Å². The average Bonchev–Trinajstić information content (AvgIpc) is 3.48. The molecule has 1 aromatic carbocycles. The summed E-state index contributed by atoms with van der Waals surface area (Å²) in [5, 5.41) is 22.4. The number of carboxylic acid groups (broad SMARTS) is 1. The zero-order valence-corrected chi connectivity index (χ0v) is 18.5. The van der Waals surface area contributed by atoms with Gasteiger partial charge in [-0.05, 0) is 30.0 Å². The van der Waals surface area contributed by atoms with Crippen LogP contribution in [0.5, 0.6) is 5.75 Å². The second kappa shape index (κ2) is 10.7. The van der Waals surface area contributed by atoms with Crippen LogP contribution in [0.25, 0.3) is 0 Å². The van der Waals surface area contributed by atoms with Crippen molar-refractivity contribution in [1.29, 1.82) is 0 Å². The van der Waals surface area contributed by atoms with Crippen molar-refractivity contribution in [3.05, 3.63) is 41.2 Å². The van der Waals surface area contributed by atoms with Crippen LogP contribution in [0.1, 0.15) is 31.2 Å². The predicted octanol–water partition coefficient (Wildman–Crippen LogP) is -2.72. The first-order chi connectivity index (χ1) is 13.4. The number of aliphatic carboxylic acids is 1. The van der Waals surface area contributed by atoms with Crippen LogP contribution in [0.3, 0.4) is 0 Å². The standard InChI is InChI=1S/C20H24N2O6.Na/c23-16-7-9-22(20(27)18(16)19(26)21-11-17(24)25)12-14-3-5-15(6-4-14)28-10-8-13-1-2-13;/h3-6,13,23H,1-2,7-12H2,(H,21,26)(H,24,25);/q;+1/p-1. The van der Waals surface area contributed by atoms with E-state index in [1.54, 1.807) is 0 Å². The number of amides is 2. The van der Waals surface area contributed by atoms with Crippen molar-refractivity contribution in [2.45, 2.75) is 32.2 Å². The van der Waals surface area contributed by atoms with Crippen molar-refractivity contribution in [2.24, 2.45) is 5.92 Å². The molecule has 1 aromatic rings. The van der Waals surface area contributed by atoms with Crippen molar-refractivity contribution in [3.8, 4) is 5.75 Å². The molecule has 2 aliphatic rings. The molecule has 29 heavy (non-hydrogen) atoms. The summed E-state index contributed by atoms with van der Waals surface area (Å²) >= 11 is 0. The Morgan fingerprint density at radius 3 is 2.55 bits per heavy atom. The normalized spacial score (nSPS) is 16.3. The van der Waals surface area contributed by atoms with Crippen LogP contribution >= 0.6 is 0 Å². The fourth-order valence-corrected chi connectivity index (χ4v) is 3.03. The minimum atomic E-state index is -1.48. The van der Waals surface area contributed by atoms with E-state index in [1.165, 1.54) is 17.7 Å². The molecule has 3 rings (SSSR count). The summed E-state index contributed by atoms with van der Waals surface area (Å²) in [6, 6.07) is 7.40. The molecule has 0 bridgehead atoms. The predicted molar refractivity (Wildman–Crippen MR) is 97.0 cm³/mol. The Labute approximate surface area is 191 Å². The van der Waals surface area contributed by atoms with Crippen LogP contribution in [0, 0.1) is 5.92 Å². The van der Waals surface area contributed by atoms with Crippen molar-refractivity contribution in [1.82, 2.24) is 10.2 Å². The monoisotopic (exact) mass is 410 g/mol. The van der Waals surface area contributed by atoms with Gasteiger partial charge in [-0.15, -0.1) is 0 Å². The Bertz CT molecular complexity index is 789. The van der Waals surface area contributed by atoms with Crippen LogP contribution < -0.4 is 44.7 Å². The maximum absolute atomic E-state index is 12.6. The molecule has 0 radical (unpaired) electrons. The fourth-order valence-electron chi connectivity index (χ4n) is 3.03. The maximum Gasteiger partial charge on any atom is 1.00 e. The number of carbonyl (C=O) groups excluding carboxylic acids is 3. The molecule has 8 nitrogen and oxygen atoms in total. The largest absolute Gasteiger partial charge is 1.00 e. The minimum absolute atomic E-state index is 0. The molecule has 0 atom stereocenters. The quantitative estimate of drug-likeness (QED) is 0.337. The van der Waals surface area contributed by atoms with Crippen LogP contribution in [0.15, 0.2) is 35.6 Å². The van der Waals surface area contributed by atoms with Gasteiger partial charge in [0.05, 0.1) is 19.1 Å². The fraction of sp³-hybridized carbons (Fsp3) is 0.450. The molecule has 1 heterocycles. The second-order valence-corrected chi connectivity index (χ2v) is 7.08. The zero-order valence-electron chi connectivity index (χ0n) is 16.5. The molecule has 0 spiro atoms. The molecule has 0 aromatic heterocycles. The molecule has 150 valence electrons. The van der Waals surface area contributed by atoms with Gasteiger partial charge in [0.15, 0.2) is 0 Å². The summed E-state index contributed by atoms with van der Waals surface area (Å²) in [5.41, 5.74) is 0.436. The third kappa shape index (κ3) is 6.76. The Morgan fingerprint density at radius 1 is 1.24 bits per heavy atom. The SMILES string of the molecule is O=C([O-])CNC(=O)C1=C(O)CCN(Cc2ccc(OCCC3CC3)cc2)C1=O.[Na+]. The molecular weight excluding hydrogens is 387 g/mol. The van der Waals surface area contributed by atoms with Gasteiger partial charge in [0, 0.05) is 19.5 Å². The summed E-state index contributed by atoms with van der Waals surface area (Å²) < 4.78 is 5.70. The summed E-state index contributed by atoms with van der Waals surface area (Å²) in [4.78, 5) is 36.5. The van der Waals surface area contributed by atoms with Gasteiger partial charge in [0.1, 0.15) is 17.1 Å². The zero-order chi connectivity index (χ0) is 20.1. The van der Waals surface area contributed by atoms with Gasteiger partial charge in [0.25, 0.3) is 11.8 Å². The van der Waals surface area contributed by atoms with Crippen LogP contribution in [0.4, 0.5) is 0 Å². The third-order valence-electron chi connectivity index (χ3n) is 4.82.